The van der Waals surface area contributed by atoms with E-state index in [1.807, 2.05) is 0 Å². The molecule has 0 spiro atoms. The maximum atomic E-state index is 13.6. The average Bonchev–Trinajstić information content (AvgIpc) is 2.80. The van der Waals surface area contributed by atoms with Crippen LogP contribution in [0.3, 0.4) is 0 Å². The summed E-state index contributed by atoms with van der Waals surface area (Å²) in [5.41, 5.74) is 5.68. The second-order valence-electron chi connectivity index (χ2n) is 9.12. The summed E-state index contributed by atoms with van der Waals surface area (Å²) in [6, 6.07) is 4.35. The lowest BCUT2D eigenvalue weighted by atomic mass is 10.00. The molecule has 0 fully saturated rings. The third-order valence-corrected chi connectivity index (χ3v) is 4.97. The van der Waals surface area contributed by atoms with Crippen LogP contribution in [-0.2, 0) is 28.7 Å². The largest absolute Gasteiger partial charge is 0.466 e. The Labute approximate surface area is 217 Å². The minimum Gasteiger partial charge on any atom is -0.466 e. The Morgan fingerprint density at radius 2 is 1.84 bits per heavy atom. The molecule has 0 radical (unpaired) electrons. The molecule has 0 saturated carbocycles. The van der Waals surface area contributed by atoms with E-state index in [1.165, 1.54) is 4.90 Å². The summed E-state index contributed by atoms with van der Waals surface area (Å²) in [7, 11) is 0. The van der Waals surface area contributed by atoms with Crippen LogP contribution in [0.5, 0.6) is 0 Å². The Hall–Kier alpha value is -3.89. The predicted octanol–water partition coefficient (Wildman–Crippen LogP) is 2.06. The first-order valence-corrected chi connectivity index (χ1v) is 12.1. The molecular weight excluding hydrogens is 480 g/mol. The van der Waals surface area contributed by atoms with Crippen LogP contribution in [0.25, 0.3) is 6.08 Å². The lowest BCUT2D eigenvalue weighted by molar-refractivity contribution is -0.144. The number of alkyl carbamates (subject to hydrolysis) is 1. The molecule has 37 heavy (non-hydrogen) atoms. The van der Waals surface area contributed by atoms with Crippen molar-refractivity contribution in [3.63, 3.8) is 0 Å². The molecule has 0 aromatic heterocycles. The van der Waals surface area contributed by atoms with Crippen LogP contribution in [0.4, 0.5) is 4.79 Å². The molecule has 4 N–H and O–H groups in total. The van der Waals surface area contributed by atoms with E-state index in [0.29, 0.717) is 11.1 Å². The van der Waals surface area contributed by atoms with Crippen LogP contribution in [0, 0.1) is 0 Å². The van der Waals surface area contributed by atoms with E-state index in [0.717, 1.165) is 0 Å². The van der Waals surface area contributed by atoms with Gasteiger partial charge >= 0.3 is 12.1 Å². The number of carbonyl (C=O) groups is 5. The fourth-order valence-electron chi connectivity index (χ4n) is 3.46. The SMILES string of the molecule is C=Cc1cccc(C(C(=O)NCCC(=O)OCC)N(CC)C(=O)C(CC(N)=O)NC(=O)OC(C)(C)C)c1. The smallest absolute Gasteiger partial charge is 0.408 e. The van der Waals surface area contributed by atoms with E-state index < -0.39 is 53.9 Å². The Bertz CT molecular complexity index is 987. The van der Waals surface area contributed by atoms with Gasteiger partial charge in [-0.05, 0) is 51.8 Å². The second-order valence-corrected chi connectivity index (χ2v) is 9.12. The van der Waals surface area contributed by atoms with Gasteiger partial charge in [-0.3, -0.25) is 19.2 Å². The van der Waals surface area contributed by atoms with Gasteiger partial charge in [-0.15, -0.1) is 0 Å². The zero-order valence-electron chi connectivity index (χ0n) is 22.2. The molecule has 0 saturated heterocycles. The minimum absolute atomic E-state index is 0.0120. The van der Waals surface area contributed by atoms with E-state index in [9.17, 15) is 24.0 Å². The second kappa shape index (κ2) is 14.6. The van der Waals surface area contributed by atoms with Crippen molar-refractivity contribution < 1.29 is 33.4 Å². The molecule has 1 rings (SSSR count). The van der Waals surface area contributed by atoms with Crippen LogP contribution in [0.2, 0.25) is 0 Å². The monoisotopic (exact) mass is 518 g/mol. The Balaban J connectivity index is 3.34. The van der Waals surface area contributed by atoms with Crippen LogP contribution in [0.15, 0.2) is 30.8 Å². The Kier molecular flexibility index (Phi) is 12.3. The Morgan fingerprint density at radius 1 is 1.16 bits per heavy atom. The number of esters is 1. The quantitative estimate of drug-likeness (QED) is 0.337. The van der Waals surface area contributed by atoms with Gasteiger partial charge in [0.1, 0.15) is 17.7 Å². The van der Waals surface area contributed by atoms with Gasteiger partial charge in [0.05, 0.1) is 19.4 Å². The van der Waals surface area contributed by atoms with Gasteiger partial charge in [0, 0.05) is 13.1 Å². The molecule has 1 aromatic rings. The fraction of sp³-hybridized carbons (Fsp3) is 0.500. The minimum atomic E-state index is -1.37. The molecule has 2 unspecified atom stereocenters. The summed E-state index contributed by atoms with van der Waals surface area (Å²) in [5.74, 6) is -2.56. The van der Waals surface area contributed by atoms with Crippen LogP contribution in [0.1, 0.15) is 64.6 Å². The third kappa shape index (κ3) is 10.7. The zero-order valence-corrected chi connectivity index (χ0v) is 22.2. The highest BCUT2D eigenvalue weighted by Crippen LogP contribution is 2.24. The topological polar surface area (TPSA) is 157 Å². The van der Waals surface area contributed by atoms with Crippen molar-refractivity contribution in [2.24, 2.45) is 5.73 Å². The number of amides is 4. The van der Waals surface area contributed by atoms with E-state index in [4.69, 9.17) is 15.2 Å². The summed E-state index contributed by atoms with van der Waals surface area (Å²) in [6.45, 7) is 12.3. The van der Waals surface area contributed by atoms with Gasteiger partial charge in [-0.25, -0.2) is 4.79 Å². The summed E-state index contributed by atoms with van der Waals surface area (Å²) in [6.07, 6.45) is 0.131. The number of nitrogens with two attached hydrogens (primary N) is 1. The Morgan fingerprint density at radius 3 is 2.38 bits per heavy atom. The summed E-state index contributed by atoms with van der Waals surface area (Å²) < 4.78 is 10.1. The summed E-state index contributed by atoms with van der Waals surface area (Å²) >= 11 is 0. The van der Waals surface area contributed by atoms with E-state index >= 15 is 0 Å². The van der Waals surface area contributed by atoms with Gasteiger partial charge < -0.3 is 30.7 Å². The van der Waals surface area contributed by atoms with Gasteiger partial charge in [0.25, 0.3) is 0 Å². The van der Waals surface area contributed by atoms with E-state index in [-0.39, 0.29) is 26.1 Å². The molecule has 0 aliphatic carbocycles. The van der Waals surface area contributed by atoms with Gasteiger partial charge in [0.15, 0.2) is 0 Å². The first-order valence-electron chi connectivity index (χ1n) is 12.1. The number of primary amides is 1. The molecule has 0 aliphatic rings. The van der Waals surface area contributed by atoms with Crippen molar-refractivity contribution in [2.75, 3.05) is 19.7 Å². The molecule has 0 bridgehead atoms. The molecule has 4 amide bonds. The number of likely N-dealkylation sites (N-methyl/N-ethyl adjacent to an activating group) is 1. The van der Waals surface area contributed by atoms with E-state index in [2.05, 4.69) is 17.2 Å². The molecule has 0 heterocycles. The van der Waals surface area contributed by atoms with Crippen molar-refractivity contribution in [3.8, 4) is 0 Å². The van der Waals surface area contributed by atoms with Crippen molar-refractivity contribution in [1.29, 1.82) is 0 Å². The molecule has 11 heteroatoms. The highest BCUT2D eigenvalue weighted by molar-refractivity contribution is 5.94. The van der Waals surface area contributed by atoms with Crippen molar-refractivity contribution in [1.82, 2.24) is 15.5 Å². The number of rotatable bonds is 13. The van der Waals surface area contributed by atoms with Gasteiger partial charge in [-0.2, -0.15) is 0 Å². The van der Waals surface area contributed by atoms with E-state index in [1.54, 1.807) is 65.0 Å². The average molecular weight is 519 g/mol. The molecule has 1 aromatic carbocycles. The van der Waals surface area contributed by atoms with Crippen molar-refractivity contribution in [2.45, 2.75) is 65.1 Å². The standard InChI is InChI=1S/C26H38N4O7/c1-7-17-11-10-12-18(15-17)22(23(33)28-14-13-21(32)36-9-3)30(8-2)24(34)19(16-20(27)31)29-25(35)37-26(4,5)6/h7,10-12,15,19,22H,1,8-9,13-14,16H2,2-6H3,(H2,27,31)(H,28,33)(H,29,35). The molecule has 0 aliphatic heterocycles. The predicted molar refractivity (Wildman–Crippen MR) is 138 cm³/mol. The molecular formula is C26H38N4O7. The first kappa shape index (κ1) is 31.1. The maximum Gasteiger partial charge on any atom is 0.408 e. The van der Waals surface area contributed by atoms with Gasteiger partial charge in [0.2, 0.25) is 17.7 Å². The van der Waals surface area contributed by atoms with Crippen LogP contribution in [-0.4, -0.2) is 66.0 Å². The number of benzene rings is 1. The lowest BCUT2D eigenvalue weighted by Gasteiger charge is -2.33. The molecule has 2 atom stereocenters. The van der Waals surface area contributed by atoms with Crippen molar-refractivity contribution >= 4 is 35.9 Å². The summed E-state index contributed by atoms with van der Waals surface area (Å²) in [4.78, 5) is 64.0. The normalized spacial score (nSPS) is 12.5. The fourth-order valence-corrected chi connectivity index (χ4v) is 3.46. The zero-order chi connectivity index (χ0) is 28.2. The van der Waals surface area contributed by atoms with Crippen LogP contribution < -0.4 is 16.4 Å². The number of hydrogen-bond donors (Lipinski definition) is 3. The number of nitrogens with zero attached hydrogens (tertiary/aromatic N) is 1. The van der Waals surface area contributed by atoms with Crippen LogP contribution >= 0.6 is 0 Å². The van der Waals surface area contributed by atoms with Gasteiger partial charge in [-0.1, -0.05) is 30.9 Å². The summed E-state index contributed by atoms with van der Waals surface area (Å²) in [5, 5.41) is 5.06. The lowest BCUT2D eigenvalue weighted by Crippen LogP contribution is -2.54. The maximum absolute atomic E-state index is 13.6. The number of carbonyl (C=O) groups excluding carboxylic acids is 5. The highest BCUT2D eigenvalue weighted by Gasteiger charge is 2.36. The van der Waals surface area contributed by atoms with Crippen molar-refractivity contribution in [3.05, 3.63) is 42.0 Å². The highest BCUT2D eigenvalue weighted by atomic mass is 16.6. The number of ether oxygens (including phenoxy) is 2. The number of nitrogens with one attached hydrogen (secondary N) is 2. The third-order valence-electron chi connectivity index (χ3n) is 4.97. The first-order chi connectivity index (χ1) is 17.3. The molecule has 11 nitrogen and oxygen atoms in total. The number of hydrogen-bond acceptors (Lipinski definition) is 7. The molecule has 204 valence electrons.